The topological polar surface area (TPSA) is 128 Å². The van der Waals surface area contributed by atoms with E-state index >= 15 is 0 Å². The van der Waals surface area contributed by atoms with Crippen molar-refractivity contribution in [1.29, 1.82) is 0 Å². The molecule has 2 heterocycles. The average Bonchev–Trinajstić information content (AvgIpc) is 2.91. The Labute approximate surface area is 123 Å². The molecule has 0 saturated carbocycles. The number of nitrogens with zero attached hydrogens (tertiary/aromatic N) is 4. The number of nitrogens with one attached hydrogen (secondary N) is 2. The van der Waals surface area contributed by atoms with Crippen LogP contribution in [0.1, 0.15) is 0 Å². The molecule has 0 aliphatic carbocycles. The molecule has 20 heavy (non-hydrogen) atoms. The summed E-state index contributed by atoms with van der Waals surface area (Å²) in [5.74, 6) is 5.33. The maximum Gasteiger partial charge on any atom is 0.244 e. The van der Waals surface area contributed by atoms with E-state index in [4.69, 9.17) is 5.84 Å². The van der Waals surface area contributed by atoms with Crippen LogP contribution in [-0.4, -0.2) is 34.9 Å². The minimum atomic E-state index is -3.73. The van der Waals surface area contributed by atoms with E-state index in [1.54, 1.807) is 6.20 Å². The monoisotopic (exact) mass is 361 g/mol. The van der Waals surface area contributed by atoms with Crippen molar-refractivity contribution in [3.05, 3.63) is 29.1 Å². The summed E-state index contributed by atoms with van der Waals surface area (Å²) in [4.78, 5) is 3.86. The second kappa shape index (κ2) is 6.26. The zero-order valence-corrected chi connectivity index (χ0v) is 12.6. The van der Waals surface area contributed by atoms with Crippen LogP contribution in [0.2, 0.25) is 0 Å². The predicted octanol–water partition coefficient (Wildman–Crippen LogP) is -0.300. The molecule has 2 aromatic heterocycles. The van der Waals surface area contributed by atoms with Crippen LogP contribution in [0, 0.1) is 0 Å². The molecule has 9 nitrogen and oxygen atoms in total. The van der Waals surface area contributed by atoms with Gasteiger partial charge >= 0.3 is 0 Å². The van der Waals surface area contributed by atoms with Gasteiger partial charge in [-0.15, -0.1) is 5.10 Å². The van der Waals surface area contributed by atoms with Crippen molar-refractivity contribution < 1.29 is 8.42 Å². The quantitative estimate of drug-likeness (QED) is 0.475. The Hall–Kier alpha value is -1.56. The highest BCUT2D eigenvalue weighted by Crippen LogP contribution is 2.21. The van der Waals surface area contributed by atoms with E-state index in [1.165, 1.54) is 23.1 Å². The summed E-state index contributed by atoms with van der Waals surface area (Å²) in [6.07, 6.45) is 4.61. The fourth-order valence-electron chi connectivity index (χ4n) is 1.46. The van der Waals surface area contributed by atoms with E-state index in [9.17, 15) is 8.42 Å². The molecule has 2 rings (SSSR count). The molecule has 0 aromatic carbocycles. The number of halogens is 1. The summed E-state index contributed by atoms with van der Waals surface area (Å²) in [6.45, 7) is 0.536. The van der Waals surface area contributed by atoms with E-state index in [1.807, 2.05) is 0 Å². The lowest BCUT2D eigenvalue weighted by Crippen LogP contribution is -2.29. The van der Waals surface area contributed by atoms with E-state index in [2.05, 4.69) is 41.4 Å². The Morgan fingerprint density at radius 1 is 1.45 bits per heavy atom. The maximum absolute atomic E-state index is 12.2. The largest absolute Gasteiger partial charge is 0.307 e. The minimum Gasteiger partial charge on any atom is -0.307 e. The highest BCUT2D eigenvalue weighted by molar-refractivity contribution is 9.10. The first-order chi connectivity index (χ1) is 9.53. The molecule has 0 radical (unpaired) electrons. The first kappa shape index (κ1) is 14.8. The first-order valence-electron chi connectivity index (χ1n) is 5.49. The Morgan fingerprint density at radius 3 is 2.90 bits per heavy atom. The summed E-state index contributed by atoms with van der Waals surface area (Å²) in [5.41, 5.74) is 2.25. The second-order valence-corrected chi connectivity index (χ2v) is 6.36. The number of nitrogens with two attached hydrogens (primary N) is 1. The third-order valence-electron chi connectivity index (χ3n) is 2.35. The third-order valence-corrected chi connectivity index (χ3v) is 4.26. The molecule has 0 fully saturated rings. The Kier molecular flexibility index (Phi) is 4.65. The molecule has 0 unspecified atom stereocenters. The minimum absolute atomic E-state index is 0.0343. The van der Waals surface area contributed by atoms with E-state index in [0.29, 0.717) is 11.0 Å². The smallest absolute Gasteiger partial charge is 0.244 e. The van der Waals surface area contributed by atoms with Gasteiger partial charge in [0.25, 0.3) is 0 Å². The predicted molar refractivity (Wildman–Crippen MR) is 75.0 cm³/mol. The molecule has 0 spiro atoms. The number of hydrazine groups is 1. The van der Waals surface area contributed by atoms with Crippen molar-refractivity contribution in [2.24, 2.45) is 5.84 Å². The van der Waals surface area contributed by atoms with E-state index in [-0.39, 0.29) is 17.3 Å². The van der Waals surface area contributed by atoms with Crippen LogP contribution < -0.4 is 16.0 Å². The standard InChI is InChI=1S/C9H12BrN7O2S/c10-7-5-8(9(15-11)12-6-7)20(18,19)14-2-4-17-3-1-13-16-17/h1,3,5-6,14H,2,4,11H2,(H,12,15). The number of nitrogen functional groups attached to an aromatic ring is 1. The van der Waals surface area contributed by atoms with Gasteiger partial charge in [-0.25, -0.2) is 24.0 Å². The molecule has 0 atom stereocenters. The average molecular weight is 362 g/mol. The summed E-state index contributed by atoms with van der Waals surface area (Å²) >= 11 is 3.17. The van der Waals surface area contributed by atoms with Crippen molar-refractivity contribution in [2.45, 2.75) is 11.4 Å². The van der Waals surface area contributed by atoms with Crippen LogP contribution in [0.5, 0.6) is 0 Å². The number of pyridine rings is 1. The van der Waals surface area contributed by atoms with Crippen LogP contribution >= 0.6 is 15.9 Å². The number of hydrogen-bond donors (Lipinski definition) is 3. The molecule has 4 N–H and O–H groups in total. The normalized spacial score (nSPS) is 11.5. The number of aromatic nitrogens is 4. The lowest BCUT2D eigenvalue weighted by atomic mass is 10.5. The number of sulfonamides is 1. The van der Waals surface area contributed by atoms with Gasteiger partial charge in [-0.3, -0.25) is 4.68 Å². The zero-order valence-electron chi connectivity index (χ0n) is 10.2. The summed E-state index contributed by atoms with van der Waals surface area (Å²) < 4.78 is 28.9. The van der Waals surface area contributed by atoms with Gasteiger partial charge in [-0.05, 0) is 22.0 Å². The third kappa shape index (κ3) is 3.50. The molecule has 11 heteroatoms. The van der Waals surface area contributed by atoms with Crippen LogP contribution in [-0.2, 0) is 16.6 Å². The summed E-state index contributed by atoms with van der Waals surface area (Å²) in [5, 5.41) is 7.36. The molecule has 0 bridgehead atoms. The Morgan fingerprint density at radius 2 is 2.25 bits per heavy atom. The summed E-state index contributed by atoms with van der Waals surface area (Å²) in [6, 6.07) is 1.42. The SMILES string of the molecule is NNc1ncc(Br)cc1S(=O)(=O)NCCn1ccnn1. The highest BCUT2D eigenvalue weighted by Gasteiger charge is 2.19. The highest BCUT2D eigenvalue weighted by atomic mass is 79.9. The van der Waals surface area contributed by atoms with Crippen LogP contribution in [0.25, 0.3) is 0 Å². The van der Waals surface area contributed by atoms with Gasteiger partial charge in [0.15, 0.2) is 5.82 Å². The number of hydrogen-bond acceptors (Lipinski definition) is 7. The van der Waals surface area contributed by atoms with E-state index in [0.717, 1.165) is 0 Å². The molecule has 2 aromatic rings. The fourth-order valence-corrected chi connectivity index (χ4v) is 3.10. The molecule has 108 valence electrons. The molecule has 0 saturated heterocycles. The lowest BCUT2D eigenvalue weighted by molar-refractivity contribution is 0.553. The zero-order chi connectivity index (χ0) is 14.6. The first-order valence-corrected chi connectivity index (χ1v) is 7.76. The van der Waals surface area contributed by atoms with Gasteiger partial charge in [0.1, 0.15) is 4.90 Å². The van der Waals surface area contributed by atoms with Gasteiger partial charge in [0.2, 0.25) is 10.0 Å². The van der Waals surface area contributed by atoms with Gasteiger partial charge in [0.05, 0.1) is 12.7 Å². The van der Waals surface area contributed by atoms with Crippen molar-refractivity contribution in [1.82, 2.24) is 24.7 Å². The Bertz CT molecular complexity index is 674. The van der Waals surface area contributed by atoms with Crippen LogP contribution in [0.3, 0.4) is 0 Å². The lowest BCUT2D eigenvalue weighted by Gasteiger charge is -2.10. The van der Waals surface area contributed by atoms with Crippen molar-refractivity contribution in [3.8, 4) is 0 Å². The van der Waals surface area contributed by atoms with E-state index < -0.39 is 10.0 Å². The van der Waals surface area contributed by atoms with Gasteiger partial charge in [-0.2, -0.15) is 0 Å². The number of anilines is 1. The van der Waals surface area contributed by atoms with Crippen molar-refractivity contribution in [2.75, 3.05) is 12.0 Å². The molecular formula is C9H12BrN7O2S. The molecule has 0 amide bonds. The molecular weight excluding hydrogens is 350 g/mol. The van der Waals surface area contributed by atoms with Gasteiger partial charge in [-0.1, -0.05) is 5.21 Å². The summed E-state index contributed by atoms with van der Waals surface area (Å²) in [7, 11) is -3.73. The van der Waals surface area contributed by atoms with Crippen LogP contribution in [0.15, 0.2) is 34.0 Å². The van der Waals surface area contributed by atoms with Gasteiger partial charge < -0.3 is 5.43 Å². The van der Waals surface area contributed by atoms with Gasteiger partial charge in [0, 0.05) is 23.4 Å². The van der Waals surface area contributed by atoms with Crippen molar-refractivity contribution in [3.63, 3.8) is 0 Å². The fraction of sp³-hybridized carbons (Fsp3) is 0.222. The maximum atomic E-state index is 12.2. The Balaban J connectivity index is 2.11. The molecule has 0 aliphatic rings. The molecule has 0 aliphatic heterocycles. The number of rotatable bonds is 6. The second-order valence-electron chi connectivity index (χ2n) is 3.71. The van der Waals surface area contributed by atoms with Crippen LogP contribution in [0.4, 0.5) is 5.82 Å². The van der Waals surface area contributed by atoms with Crippen molar-refractivity contribution >= 4 is 31.8 Å².